The number of hydrogen-bond donors (Lipinski definition) is 3. The van der Waals surface area contributed by atoms with Gasteiger partial charge < -0.3 is 20.6 Å². The number of rotatable bonds is 4. The molecule has 1 aromatic rings. The normalized spacial score (nSPS) is 22.2. The number of nitrogens with two attached hydrogens (primary N) is 1. The van der Waals surface area contributed by atoms with Gasteiger partial charge in [0.15, 0.2) is 0 Å². The number of nitrogen functional groups attached to an aromatic ring is 1. The van der Waals surface area contributed by atoms with Crippen LogP contribution in [0.15, 0.2) is 9.59 Å². The number of hydrogen-bond acceptors (Lipinski definition) is 6. The molecule has 8 heteroatoms. The summed E-state index contributed by atoms with van der Waals surface area (Å²) in [5.74, 6) is 0.157. The van der Waals surface area contributed by atoms with Gasteiger partial charge in [-0.25, -0.2) is 4.79 Å². The first-order chi connectivity index (χ1) is 9.85. The second-order valence-electron chi connectivity index (χ2n) is 5.70. The molecule has 1 aliphatic heterocycles. The number of H-pyrrole nitrogens is 1. The Kier molecular flexibility index (Phi) is 4.38. The monoisotopic (exact) mass is 297 g/mol. The zero-order valence-electron chi connectivity index (χ0n) is 12.7. The molecule has 0 saturated carbocycles. The summed E-state index contributed by atoms with van der Waals surface area (Å²) in [4.78, 5) is 30.0. The van der Waals surface area contributed by atoms with Gasteiger partial charge in [-0.2, -0.15) is 0 Å². The Hall–Kier alpha value is -1.80. The predicted molar refractivity (Wildman–Crippen MR) is 81.7 cm³/mol. The number of aliphatic hydroxyl groups is 1. The van der Waals surface area contributed by atoms with Crippen molar-refractivity contribution in [1.29, 1.82) is 0 Å². The van der Waals surface area contributed by atoms with Gasteiger partial charge in [-0.3, -0.25) is 14.3 Å². The van der Waals surface area contributed by atoms with Crippen LogP contribution < -0.4 is 21.9 Å². The van der Waals surface area contributed by atoms with Gasteiger partial charge in [0.05, 0.1) is 6.10 Å². The third kappa shape index (κ3) is 2.96. The molecule has 1 aromatic heterocycles. The van der Waals surface area contributed by atoms with Crippen LogP contribution in [0.2, 0.25) is 0 Å². The first-order valence-corrected chi connectivity index (χ1v) is 7.07. The second kappa shape index (κ2) is 5.90. The first-order valence-electron chi connectivity index (χ1n) is 7.07. The van der Waals surface area contributed by atoms with E-state index in [9.17, 15) is 14.7 Å². The highest BCUT2D eigenvalue weighted by molar-refractivity contribution is 5.63. The fourth-order valence-electron chi connectivity index (χ4n) is 2.93. The van der Waals surface area contributed by atoms with E-state index in [0.29, 0.717) is 26.1 Å². The Morgan fingerprint density at radius 3 is 2.67 bits per heavy atom. The average Bonchev–Trinajstić information content (AvgIpc) is 2.69. The van der Waals surface area contributed by atoms with Gasteiger partial charge in [-0.15, -0.1) is 0 Å². The van der Waals surface area contributed by atoms with E-state index in [1.165, 1.54) is 4.57 Å². The molecule has 2 atom stereocenters. The molecule has 21 heavy (non-hydrogen) atoms. The third-order valence-corrected chi connectivity index (χ3v) is 3.79. The molecular formula is C13H23N5O3. The fraction of sp³-hybridized carbons (Fsp3) is 0.692. The highest BCUT2D eigenvalue weighted by Crippen LogP contribution is 2.27. The van der Waals surface area contributed by atoms with Gasteiger partial charge in [-0.1, -0.05) is 0 Å². The number of β-amino-alcohol motifs (C(OH)–C–C–N with tert-alkyl or cyclic N) is 1. The topological polar surface area (TPSA) is 108 Å². The molecule has 4 N–H and O–H groups in total. The molecule has 1 aliphatic rings. The summed E-state index contributed by atoms with van der Waals surface area (Å²) in [5.41, 5.74) is 5.29. The zero-order chi connectivity index (χ0) is 15.7. The molecule has 0 bridgehead atoms. The molecule has 1 fully saturated rings. The zero-order valence-corrected chi connectivity index (χ0v) is 12.7. The molecule has 2 rings (SSSR count). The molecule has 0 spiro atoms. The van der Waals surface area contributed by atoms with Gasteiger partial charge in [0.1, 0.15) is 11.5 Å². The number of aromatic amines is 1. The van der Waals surface area contributed by atoms with Gasteiger partial charge >= 0.3 is 5.69 Å². The van der Waals surface area contributed by atoms with Gasteiger partial charge in [-0.05, 0) is 27.4 Å². The Bertz CT molecular complexity index is 621. The molecule has 2 unspecified atom stereocenters. The van der Waals surface area contributed by atoms with Crippen molar-refractivity contribution in [2.24, 2.45) is 0 Å². The maximum absolute atomic E-state index is 12.2. The first kappa shape index (κ1) is 15.6. The van der Waals surface area contributed by atoms with Crippen LogP contribution in [0.5, 0.6) is 0 Å². The van der Waals surface area contributed by atoms with Crippen LogP contribution >= 0.6 is 0 Å². The van der Waals surface area contributed by atoms with Crippen molar-refractivity contribution >= 4 is 11.5 Å². The number of aliphatic hydroxyl groups excluding tert-OH is 1. The van der Waals surface area contributed by atoms with Crippen LogP contribution in [-0.4, -0.2) is 58.9 Å². The smallest absolute Gasteiger partial charge is 0.330 e. The van der Waals surface area contributed by atoms with Gasteiger partial charge in [0.2, 0.25) is 0 Å². The minimum atomic E-state index is -0.507. The maximum atomic E-state index is 12.2. The molecule has 0 aliphatic carbocycles. The average molecular weight is 297 g/mol. The van der Waals surface area contributed by atoms with Crippen molar-refractivity contribution in [3.8, 4) is 0 Å². The summed E-state index contributed by atoms with van der Waals surface area (Å²) in [7, 11) is 3.87. The van der Waals surface area contributed by atoms with E-state index < -0.39 is 17.4 Å². The quantitative estimate of drug-likeness (QED) is 0.633. The molecular weight excluding hydrogens is 274 g/mol. The Morgan fingerprint density at radius 2 is 2.10 bits per heavy atom. The van der Waals surface area contributed by atoms with Crippen molar-refractivity contribution < 1.29 is 5.11 Å². The summed E-state index contributed by atoms with van der Waals surface area (Å²) in [5, 5.41) is 9.93. The van der Waals surface area contributed by atoms with Crippen molar-refractivity contribution in [2.75, 3.05) is 37.8 Å². The molecule has 0 amide bonds. The Labute approximate surface area is 122 Å². The van der Waals surface area contributed by atoms with Crippen LogP contribution in [0.4, 0.5) is 11.5 Å². The van der Waals surface area contributed by atoms with Crippen molar-refractivity contribution in [2.45, 2.75) is 32.0 Å². The Balaban J connectivity index is 2.49. The van der Waals surface area contributed by atoms with Crippen molar-refractivity contribution in [1.82, 2.24) is 14.5 Å². The van der Waals surface area contributed by atoms with E-state index >= 15 is 0 Å². The molecule has 1 saturated heterocycles. The van der Waals surface area contributed by atoms with E-state index in [0.717, 1.165) is 0 Å². The lowest BCUT2D eigenvalue weighted by Gasteiger charge is -2.29. The number of aromatic nitrogens is 2. The minimum absolute atomic E-state index is 0.0128. The number of nitrogens with one attached hydrogen (secondary N) is 1. The number of likely N-dealkylation sites (N-methyl/N-ethyl adjacent to an activating group) is 1. The van der Waals surface area contributed by atoms with Crippen molar-refractivity contribution in [3.05, 3.63) is 20.8 Å². The van der Waals surface area contributed by atoms with Gasteiger partial charge in [0, 0.05) is 25.7 Å². The molecule has 8 nitrogen and oxygen atoms in total. The largest absolute Gasteiger partial charge is 0.391 e. The lowest BCUT2D eigenvalue weighted by Crippen LogP contribution is -2.43. The Morgan fingerprint density at radius 1 is 1.43 bits per heavy atom. The highest BCUT2D eigenvalue weighted by Gasteiger charge is 2.34. The molecule has 0 aromatic carbocycles. The van der Waals surface area contributed by atoms with E-state index in [2.05, 4.69) is 4.98 Å². The van der Waals surface area contributed by atoms with Gasteiger partial charge in [0.25, 0.3) is 5.56 Å². The van der Waals surface area contributed by atoms with Crippen LogP contribution in [0, 0.1) is 0 Å². The SMILES string of the molecule is CCn1c(N)c(N2CC(O)CC2CN(C)C)c(=O)[nH]c1=O. The predicted octanol–water partition coefficient (Wildman–Crippen LogP) is -1.36. The summed E-state index contributed by atoms with van der Waals surface area (Å²) in [6.07, 6.45) is 0.0678. The minimum Gasteiger partial charge on any atom is -0.391 e. The van der Waals surface area contributed by atoms with Crippen LogP contribution in [0.1, 0.15) is 13.3 Å². The molecule has 0 radical (unpaired) electrons. The van der Waals surface area contributed by atoms with Crippen LogP contribution in [0.25, 0.3) is 0 Å². The van der Waals surface area contributed by atoms with Crippen LogP contribution in [-0.2, 0) is 6.54 Å². The van der Waals surface area contributed by atoms with E-state index in [1.807, 2.05) is 23.9 Å². The third-order valence-electron chi connectivity index (χ3n) is 3.79. The standard InChI is InChI=1S/C13H23N5O3/c1-4-17-11(14)10(12(20)15-13(17)21)18-7-9(19)5-8(18)6-16(2)3/h8-9,19H,4-7,14H2,1-3H3,(H,15,20,21). The van der Waals surface area contributed by atoms with E-state index in [-0.39, 0.29) is 17.5 Å². The number of nitrogens with zero attached hydrogens (tertiary/aromatic N) is 3. The summed E-state index contributed by atoms with van der Waals surface area (Å²) >= 11 is 0. The second-order valence-corrected chi connectivity index (χ2v) is 5.70. The molecule has 118 valence electrons. The van der Waals surface area contributed by atoms with E-state index in [1.54, 1.807) is 6.92 Å². The summed E-state index contributed by atoms with van der Waals surface area (Å²) < 4.78 is 1.33. The fourth-order valence-corrected chi connectivity index (χ4v) is 2.93. The molecule has 2 heterocycles. The summed E-state index contributed by atoms with van der Waals surface area (Å²) in [6, 6.07) is -0.0128. The number of anilines is 2. The summed E-state index contributed by atoms with van der Waals surface area (Å²) in [6.45, 7) is 3.20. The van der Waals surface area contributed by atoms with E-state index in [4.69, 9.17) is 5.73 Å². The highest BCUT2D eigenvalue weighted by atomic mass is 16.3. The lowest BCUT2D eigenvalue weighted by molar-refractivity contribution is 0.191. The lowest BCUT2D eigenvalue weighted by atomic mass is 10.2. The van der Waals surface area contributed by atoms with Crippen LogP contribution in [0.3, 0.4) is 0 Å². The van der Waals surface area contributed by atoms with Crippen molar-refractivity contribution in [3.63, 3.8) is 0 Å². The maximum Gasteiger partial charge on any atom is 0.330 e.